The lowest BCUT2D eigenvalue weighted by atomic mass is 9.91. The van der Waals surface area contributed by atoms with Gasteiger partial charge in [-0.1, -0.05) is 42.5 Å². The van der Waals surface area contributed by atoms with Crippen molar-refractivity contribution in [1.29, 1.82) is 0 Å². The Hall–Kier alpha value is -2.22. The number of alkyl halides is 2. The highest BCUT2D eigenvalue weighted by Gasteiger charge is 2.60. The molecule has 27 heavy (non-hydrogen) atoms. The van der Waals surface area contributed by atoms with Gasteiger partial charge in [0.05, 0.1) is 0 Å². The van der Waals surface area contributed by atoms with Gasteiger partial charge in [0.1, 0.15) is 0 Å². The first kappa shape index (κ1) is 19.5. The van der Waals surface area contributed by atoms with Crippen molar-refractivity contribution in [1.82, 2.24) is 5.32 Å². The van der Waals surface area contributed by atoms with Crippen LogP contribution in [0.1, 0.15) is 48.5 Å². The standard InChI is InChI=1S/C19H21F2N3O2S/c1-11-5-3-4-6-14(11)23-17-24-16(26)18(2,27-17)19(20,21)13-9-7-12(8-10-13)15(22)25/h7-10,14H,1,3-6H2,2H3,(H2,22,25)(H,23,24,26). The maximum atomic E-state index is 15.2. The number of carbonyl (C=O) groups is 2. The molecule has 1 heterocycles. The van der Waals surface area contributed by atoms with Gasteiger partial charge in [0, 0.05) is 17.2 Å². The molecule has 2 unspecified atom stereocenters. The van der Waals surface area contributed by atoms with Gasteiger partial charge in [-0.15, -0.1) is 0 Å². The van der Waals surface area contributed by atoms with E-state index in [1.807, 2.05) is 0 Å². The van der Waals surface area contributed by atoms with Gasteiger partial charge in [-0.05, 0) is 38.3 Å². The first-order valence-corrected chi connectivity index (χ1v) is 9.51. The van der Waals surface area contributed by atoms with E-state index in [4.69, 9.17) is 5.73 Å². The minimum atomic E-state index is -3.48. The van der Waals surface area contributed by atoms with Gasteiger partial charge in [0.25, 0.3) is 11.8 Å². The molecule has 0 radical (unpaired) electrons. The number of carbonyl (C=O) groups excluding carboxylic acids is 2. The van der Waals surface area contributed by atoms with Crippen LogP contribution in [-0.2, 0) is 10.7 Å². The lowest BCUT2D eigenvalue weighted by Crippen LogP contribution is -2.45. The van der Waals surface area contributed by atoms with Gasteiger partial charge >= 0.3 is 0 Å². The average Bonchev–Trinajstić information content (AvgIpc) is 2.92. The van der Waals surface area contributed by atoms with E-state index in [1.165, 1.54) is 19.1 Å². The molecule has 0 bridgehead atoms. The number of nitrogens with two attached hydrogens (primary N) is 1. The summed E-state index contributed by atoms with van der Waals surface area (Å²) in [7, 11) is 0. The fourth-order valence-electron chi connectivity index (χ4n) is 3.24. The van der Waals surface area contributed by atoms with Crippen molar-refractivity contribution in [3.63, 3.8) is 0 Å². The quantitative estimate of drug-likeness (QED) is 0.769. The minimum Gasteiger partial charge on any atom is -0.366 e. The summed E-state index contributed by atoms with van der Waals surface area (Å²) in [6, 6.07) is 4.64. The fraction of sp³-hybridized carbons (Fsp3) is 0.421. The van der Waals surface area contributed by atoms with Crippen LogP contribution in [0.2, 0.25) is 0 Å². The molecule has 0 aromatic heterocycles. The summed E-state index contributed by atoms with van der Waals surface area (Å²) in [6.07, 6.45) is 3.80. The molecule has 1 fully saturated rings. The number of nitrogens with one attached hydrogen (secondary N) is 1. The number of hydrogen-bond donors (Lipinski definition) is 2. The first-order valence-electron chi connectivity index (χ1n) is 8.69. The SMILES string of the molecule is C=C1CCCCC1NC1=NC(=O)C(C)(C(F)(F)c2ccc(C(N)=O)cc2)S1. The molecule has 2 aliphatic rings. The van der Waals surface area contributed by atoms with Crippen LogP contribution in [0.25, 0.3) is 0 Å². The molecule has 1 aliphatic heterocycles. The molecular formula is C19H21F2N3O2S. The summed E-state index contributed by atoms with van der Waals surface area (Å²) < 4.78 is 28.3. The highest BCUT2D eigenvalue weighted by Crippen LogP contribution is 2.51. The van der Waals surface area contributed by atoms with Crippen molar-refractivity contribution in [3.8, 4) is 0 Å². The summed E-state index contributed by atoms with van der Waals surface area (Å²) >= 11 is 0.736. The van der Waals surface area contributed by atoms with Crippen molar-refractivity contribution in [3.05, 3.63) is 47.5 Å². The van der Waals surface area contributed by atoms with E-state index in [9.17, 15) is 9.59 Å². The third kappa shape index (κ3) is 3.50. The highest BCUT2D eigenvalue weighted by atomic mass is 32.2. The number of primary amides is 1. The van der Waals surface area contributed by atoms with Crippen molar-refractivity contribution in [2.45, 2.75) is 49.3 Å². The van der Waals surface area contributed by atoms with Gasteiger partial charge in [0.15, 0.2) is 9.91 Å². The van der Waals surface area contributed by atoms with Gasteiger partial charge in [0.2, 0.25) is 5.91 Å². The number of amides is 2. The Kier molecular flexibility index (Phi) is 5.12. The van der Waals surface area contributed by atoms with Crippen LogP contribution in [-0.4, -0.2) is 27.8 Å². The fourth-order valence-corrected chi connectivity index (χ4v) is 4.34. The van der Waals surface area contributed by atoms with Crippen LogP contribution in [0.4, 0.5) is 8.78 Å². The Morgan fingerprint density at radius 3 is 2.63 bits per heavy atom. The predicted octanol–water partition coefficient (Wildman–Crippen LogP) is 3.35. The Balaban J connectivity index is 1.80. The van der Waals surface area contributed by atoms with Crippen LogP contribution in [0, 0.1) is 0 Å². The molecule has 1 aliphatic carbocycles. The van der Waals surface area contributed by atoms with Gasteiger partial charge in [-0.25, -0.2) is 0 Å². The van der Waals surface area contributed by atoms with E-state index in [2.05, 4.69) is 16.9 Å². The molecule has 3 N–H and O–H groups in total. The topological polar surface area (TPSA) is 84.6 Å². The highest BCUT2D eigenvalue weighted by molar-refractivity contribution is 8.16. The molecule has 1 aromatic rings. The van der Waals surface area contributed by atoms with E-state index in [-0.39, 0.29) is 22.3 Å². The van der Waals surface area contributed by atoms with Crippen LogP contribution >= 0.6 is 11.8 Å². The summed E-state index contributed by atoms with van der Waals surface area (Å²) in [5, 5.41) is 3.30. The number of benzene rings is 1. The summed E-state index contributed by atoms with van der Waals surface area (Å²) in [6.45, 7) is 5.20. The minimum absolute atomic E-state index is 0.0522. The summed E-state index contributed by atoms with van der Waals surface area (Å²) in [5.74, 6) is -5.08. The third-order valence-corrected chi connectivity index (χ3v) is 6.32. The molecule has 8 heteroatoms. The average molecular weight is 393 g/mol. The number of rotatable bonds is 4. The number of halogens is 2. The molecule has 5 nitrogen and oxygen atoms in total. The number of thioether (sulfide) groups is 1. The molecule has 144 valence electrons. The second-order valence-corrected chi connectivity index (χ2v) is 8.38. The molecule has 1 aromatic carbocycles. The van der Waals surface area contributed by atoms with E-state index in [1.54, 1.807) is 0 Å². The van der Waals surface area contributed by atoms with Gasteiger partial charge in [-0.3, -0.25) is 9.59 Å². The zero-order valence-electron chi connectivity index (χ0n) is 14.9. The lowest BCUT2D eigenvalue weighted by molar-refractivity contribution is -0.130. The molecular weight excluding hydrogens is 372 g/mol. The van der Waals surface area contributed by atoms with Crippen molar-refractivity contribution in [2.75, 3.05) is 0 Å². The second kappa shape index (κ2) is 7.07. The first-order chi connectivity index (χ1) is 12.6. The second-order valence-electron chi connectivity index (χ2n) is 6.97. The van der Waals surface area contributed by atoms with Crippen molar-refractivity contribution in [2.24, 2.45) is 10.7 Å². The van der Waals surface area contributed by atoms with Gasteiger partial charge < -0.3 is 11.1 Å². The summed E-state index contributed by atoms with van der Waals surface area (Å²) in [5.41, 5.74) is 5.90. The molecule has 2 atom stereocenters. The van der Waals surface area contributed by atoms with Crippen LogP contribution in [0.5, 0.6) is 0 Å². The Labute approximate surface area is 160 Å². The largest absolute Gasteiger partial charge is 0.366 e. The van der Waals surface area contributed by atoms with E-state index < -0.39 is 22.5 Å². The van der Waals surface area contributed by atoms with Crippen molar-refractivity contribution >= 4 is 28.7 Å². The van der Waals surface area contributed by atoms with Crippen LogP contribution in [0.15, 0.2) is 41.4 Å². The lowest BCUT2D eigenvalue weighted by Gasteiger charge is -2.31. The van der Waals surface area contributed by atoms with E-state index in [0.717, 1.165) is 55.2 Å². The van der Waals surface area contributed by atoms with E-state index in [0.29, 0.717) is 0 Å². The maximum absolute atomic E-state index is 15.2. The predicted molar refractivity (Wildman–Crippen MR) is 102 cm³/mol. The zero-order valence-corrected chi connectivity index (χ0v) is 15.7. The molecule has 2 amide bonds. The molecule has 0 spiro atoms. The maximum Gasteiger partial charge on any atom is 0.296 e. The monoisotopic (exact) mass is 393 g/mol. The Morgan fingerprint density at radius 1 is 1.37 bits per heavy atom. The van der Waals surface area contributed by atoms with Gasteiger partial charge in [-0.2, -0.15) is 13.8 Å². The Morgan fingerprint density at radius 2 is 2.04 bits per heavy atom. The van der Waals surface area contributed by atoms with Crippen molar-refractivity contribution < 1.29 is 18.4 Å². The number of nitrogens with zero attached hydrogens (tertiary/aromatic N) is 1. The molecule has 1 saturated carbocycles. The molecule has 0 saturated heterocycles. The van der Waals surface area contributed by atoms with Crippen LogP contribution < -0.4 is 11.1 Å². The van der Waals surface area contributed by atoms with Crippen LogP contribution in [0.3, 0.4) is 0 Å². The normalized spacial score (nSPS) is 26.0. The summed E-state index contributed by atoms with van der Waals surface area (Å²) in [4.78, 5) is 27.4. The smallest absolute Gasteiger partial charge is 0.296 e. The van der Waals surface area contributed by atoms with E-state index >= 15 is 8.78 Å². The Bertz CT molecular complexity index is 823. The number of amidine groups is 1. The number of hydrogen-bond acceptors (Lipinski definition) is 4. The molecule has 3 rings (SSSR count). The third-order valence-electron chi connectivity index (χ3n) is 5.07. The zero-order chi connectivity index (χ0) is 19.8. The number of aliphatic imine (C=N–C) groups is 1.